The van der Waals surface area contributed by atoms with Crippen molar-refractivity contribution in [3.8, 4) is 0 Å². The number of nitrogens with one attached hydrogen (secondary N) is 3. The van der Waals surface area contributed by atoms with Crippen LogP contribution in [0.15, 0.2) is 11.0 Å². The summed E-state index contributed by atoms with van der Waals surface area (Å²) in [6, 6.07) is 0. The molecule has 2 aliphatic heterocycles. The predicted molar refractivity (Wildman–Crippen MR) is 88.0 cm³/mol. The van der Waals surface area contributed by atoms with Gasteiger partial charge in [-0.2, -0.15) is 5.10 Å². The standard InChI is InChI=1S/C15H26N6O/c1-4-11(2)9-15(21-7-5-16-6-8-21)18-12-10-17-20(3)14(22)13(12)19-15/h10-11,16,18-19H,4-9H2,1-3H3. The summed E-state index contributed by atoms with van der Waals surface area (Å²) in [4.78, 5) is 14.8. The maximum absolute atomic E-state index is 12.4. The molecule has 0 spiro atoms. The van der Waals surface area contributed by atoms with Crippen molar-refractivity contribution in [2.24, 2.45) is 13.0 Å². The van der Waals surface area contributed by atoms with Crippen LogP contribution < -0.4 is 21.5 Å². The zero-order valence-corrected chi connectivity index (χ0v) is 13.6. The second kappa shape index (κ2) is 5.89. The number of aryl methyl sites for hydroxylation is 1. The quantitative estimate of drug-likeness (QED) is 0.757. The maximum atomic E-state index is 12.4. The Labute approximate surface area is 131 Å². The van der Waals surface area contributed by atoms with Crippen molar-refractivity contribution in [2.75, 3.05) is 36.8 Å². The summed E-state index contributed by atoms with van der Waals surface area (Å²) >= 11 is 0. The minimum atomic E-state index is -0.380. The molecule has 3 rings (SSSR count). The van der Waals surface area contributed by atoms with Crippen molar-refractivity contribution < 1.29 is 0 Å². The highest BCUT2D eigenvalue weighted by molar-refractivity contribution is 5.74. The van der Waals surface area contributed by atoms with Crippen LogP contribution >= 0.6 is 0 Å². The van der Waals surface area contributed by atoms with E-state index in [-0.39, 0.29) is 11.3 Å². The fourth-order valence-corrected chi connectivity index (χ4v) is 3.30. The van der Waals surface area contributed by atoms with E-state index in [9.17, 15) is 4.79 Å². The van der Waals surface area contributed by atoms with Gasteiger partial charge < -0.3 is 16.0 Å². The maximum Gasteiger partial charge on any atom is 0.292 e. The molecular formula is C15H26N6O. The van der Waals surface area contributed by atoms with Gasteiger partial charge in [0.2, 0.25) is 0 Å². The lowest BCUT2D eigenvalue weighted by Crippen LogP contribution is -2.63. The lowest BCUT2D eigenvalue weighted by atomic mass is 9.98. The van der Waals surface area contributed by atoms with Crippen molar-refractivity contribution in [1.29, 1.82) is 0 Å². The van der Waals surface area contributed by atoms with Gasteiger partial charge >= 0.3 is 0 Å². The van der Waals surface area contributed by atoms with E-state index in [0.717, 1.165) is 44.7 Å². The van der Waals surface area contributed by atoms with Crippen LogP contribution in [0.1, 0.15) is 26.7 Å². The van der Waals surface area contributed by atoms with Gasteiger partial charge in [0, 0.05) is 39.6 Å². The first-order valence-electron chi connectivity index (χ1n) is 8.14. The lowest BCUT2D eigenvalue weighted by molar-refractivity contribution is 0.100. The van der Waals surface area contributed by atoms with Gasteiger partial charge in [0.1, 0.15) is 5.69 Å². The highest BCUT2D eigenvalue weighted by atomic mass is 16.1. The summed E-state index contributed by atoms with van der Waals surface area (Å²) in [5.41, 5.74) is 1.37. The molecule has 0 amide bonds. The van der Waals surface area contributed by atoms with Crippen molar-refractivity contribution in [3.05, 3.63) is 16.6 Å². The molecule has 0 aliphatic carbocycles. The monoisotopic (exact) mass is 306 g/mol. The molecule has 0 saturated carbocycles. The smallest absolute Gasteiger partial charge is 0.292 e. The van der Waals surface area contributed by atoms with Crippen LogP contribution in [-0.4, -0.2) is 46.6 Å². The molecule has 7 heteroatoms. The molecule has 0 aromatic carbocycles. The first-order chi connectivity index (χ1) is 10.6. The highest BCUT2D eigenvalue weighted by Gasteiger charge is 2.44. The Morgan fingerprint density at radius 2 is 2.09 bits per heavy atom. The van der Waals surface area contributed by atoms with Crippen LogP contribution in [0, 0.1) is 5.92 Å². The molecule has 1 saturated heterocycles. The van der Waals surface area contributed by atoms with Crippen molar-refractivity contribution in [3.63, 3.8) is 0 Å². The van der Waals surface area contributed by atoms with E-state index in [4.69, 9.17) is 0 Å². The Morgan fingerprint density at radius 3 is 2.77 bits per heavy atom. The first kappa shape index (κ1) is 15.3. The number of anilines is 2. The third-order valence-electron chi connectivity index (χ3n) is 4.81. The van der Waals surface area contributed by atoms with E-state index in [0.29, 0.717) is 11.6 Å². The topological polar surface area (TPSA) is 74.2 Å². The minimum Gasteiger partial charge on any atom is -0.347 e. The number of hydrogen-bond acceptors (Lipinski definition) is 6. The van der Waals surface area contributed by atoms with Crippen LogP contribution in [-0.2, 0) is 7.05 Å². The number of aromatic nitrogens is 2. The summed E-state index contributed by atoms with van der Waals surface area (Å²) in [5.74, 6) is 0.177. The van der Waals surface area contributed by atoms with E-state index in [1.807, 2.05) is 0 Å². The van der Waals surface area contributed by atoms with E-state index in [1.165, 1.54) is 4.68 Å². The van der Waals surface area contributed by atoms with Gasteiger partial charge in [-0.15, -0.1) is 0 Å². The zero-order valence-electron chi connectivity index (χ0n) is 13.6. The third-order valence-corrected chi connectivity index (χ3v) is 4.81. The lowest BCUT2D eigenvalue weighted by Gasteiger charge is -2.45. The zero-order chi connectivity index (χ0) is 15.7. The molecular weight excluding hydrogens is 280 g/mol. The molecule has 3 heterocycles. The van der Waals surface area contributed by atoms with Gasteiger partial charge in [0.05, 0.1) is 11.9 Å². The van der Waals surface area contributed by atoms with Crippen molar-refractivity contribution in [2.45, 2.75) is 32.5 Å². The molecule has 1 aromatic heterocycles. The van der Waals surface area contributed by atoms with E-state index >= 15 is 0 Å². The number of rotatable bonds is 4. The minimum absolute atomic E-state index is 0.0776. The average molecular weight is 306 g/mol. The molecule has 1 fully saturated rings. The van der Waals surface area contributed by atoms with Crippen LogP contribution in [0.25, 0.3) is 0 Å². The van der Waals surface area contributed by atoms with Crippen LogP contribution in [0.2, 0.25) is 0 Å². The van der Waals surface area contributed by atoms with Gasteiger partial charge in [-0.05, 0) is 5.92 Å². The Hall–Kier alpha value is -1.60. The van der Waals surface area contributed by atoms with Crippen LogP contribution in [0.5, 0.6) is 0 Å². The Kier molecular flexibility index (Phi) is 4.10. The SMILES string of the molecule is CCC(C)CC1(N2CCNCC2)Nc2cnn(C)c(=O)c2N1. The van der Waals surface area contributed by atoms with Gasteiger partial charge in [0.15, 0.2) is 5.79 Å². The Bertz CT molecular complexity index is 594. The second-order valence-electron chi connectivity index (χ2n) is 6.43. The summed E-state index contributed by atoms with van der Waals surface area (Å²) < 4.78 is 1.38. The molecule has 122 valence electrons. The van der Waals surface area contributed by atoms with E-state index in [1.54, 1.807) is 13.2 Å². The molecule has 1 aromatic rings. The summed E-state index contributed by atoms with van der Waals surface area (Å²) in [6.45, 7) is 8.32. The molecule has 2 aliphatic rings. The fourth-order valence-electron chi connectivity index (χ4n) is 3.30. The molecule has 0 radical (unpaired) electrons. The predicted octanol–water partition coefficient (Wildman–Crippen LogP) is 0.613. The number of nitrogens with zero attached hydrogens (tertiary/aromatic N) is 3. The summed E-state index contributed by atoms with van der Waals surface area (Å²) in [7, 11) is 1.68. The first-order valence-corrected chi connectivity index (χ1v) is 8.14. The largest absolute Gasteiger partial charge is 0.347 e. The highest BCUT2D eigenvalue weighted by Crippen LogP contribution is 2.37. The molecule has 3 N–H and O–H groups in total. The number of fused-ring (bicyclic) bond motifs is 1. The molecule has 0 bridgehead atoms. The molecule has 2 unspecified atom stereocenters. The molecule has 2 atom stereocenters. The molecule has 22 heavy (non-hydrogen) atoms. The third kappa shape index (κ3) is 2.59. The Balaban J connectivity index is 1.94. The van der Waals surface area contributed by atoms with Gasteiger partial charge in [-0.25, -0.2) is 4.68 Å². The van der Waals surface area contributed by atoms with Crippen LogP contribution in [0.4, 0.5) is 11.4 Å². The van der Waals surface area contributed by atoms with Crippen molar-refractivity contribution in [1.82, 2.24) is 20.0 Å². The summed E-state index contributed by atoms with van der Waals surface area (Å²) in [5, 5.41) is 14.6. The molecule has 7 nitrogen and oxygen atoms in total. The number of piperazine rings is 1. The van der Waals surface area contributed by atoms with Gasteiger partial charge in [-0.1, -0.05) is 20.3 Å². The van der Waals surface area contributed by atoms with Crippen LogP contribution in [0.3, 0.4) is 0 Å². The van der Waals surface area contributed by atoms with Gasteiger partial charge in [0.25, 0.3) is 5.56 Å². The fraction of sp³-hybridized carbons (Fsp3) is 0.733. The van der Waals surface area contributed by atoms with E-state index < -0.39 is 0 Å². The normalized spacial score (nSPS) is 26.1. The van der Waals surface area contributed by atoms with E-state index in [2.05, 4.69) is 39.8 Å². The Morgan fingerprint density at radius 1 is 1.36 bits per heavy atom. The summed E-state index contributed by atoms with van der Waals surface area (Å²) in [6.07, 6.45) is 3.80. The second-order valence-corrected chi connectivity index (χ2v) is 6.43. The average Bonchev–Trinajstić information content (AvgIpc) is 2.92. The number of hydrogen-bond donors (Lipinski definition) is 3. The van der Waals surface area contributed by atoms with Gasteiger partial charge in [-0.3, -0.25) is 9.69 Å². The van der Waals surface area contributed by atoms with Crippen molar-refractivity contribution >= 4 is 11.4 Å².